The third kappa shape index (κ3) is 10.6. The van der Waals surface area contributed by atoms with E-state index in [2.05, 4.69) is 6.92 Å². The topological polar surface area (TPSA) is 55.8 Å². The molecule has 0 saturated carbocycles. The third-order valence-corrected chi connectivity index (χ3v) is 5.18. The quantitative estimate of drug-likeness (QED) is 0.263. The molecular weight excluding hydrogens is 342 g/mol. The van der Waals surface area contributed by atoms with Crippen LogP contribution in [0.15, 0.2) is 0 Å². The number of likely N-dealkylation sites (tertiary alicyclic amines) is 1. The van der Waals surface area contributed by atoms with Crippen molar-refractivity contribution < 1.29 is 19.1 Å². The first-order chi connectivity index (χ1) is 13.2. The second-order valence-corrected chi connectivity index (χ2v) is 7.67. The van der Waals surface area contributed by atoms with E-state index in [1.165, 1.54) is 62.7 Å². The molecule has 1 heterocycles. The summed E-state index contributed by atoms with van der Waals surface area (Å²) in [6.45, 7) is 5.65. The maximum atomic E-state index is 12.2. The van der Waals surface area contributed by atoms with E-state index in [0.717, 1.165) is 25.7 Å². The SMILES string of the molecule is CCCCCCCCCCCCCOC(=O)[C@@H]1CCCN1C(=O)OCCC. The van der Waals surface area contributed by atoms with Crippen molar-refractivity contribution in [2.75, 3.05) is 19.8 Å². The molecule has 1 fully saturated rings. The highest BCUT2D eigenvalue weighted by Crippen LogP contribution is 2.20. The molecule has 0 unspecified atom stereocenters. The standard InChI is InChI=1S/C22H41NO4/c1-3-5-6-7-8-9-10-11-12-13-14-19-26-21(24)20-16-15-17-23(20)22(25)27-18-4-2/h20H,3-19H2,1-2H3/t20-/m0/s1. The second kappa shape index (κ2) is 15.8. The van der Waals surface area contributed by atoms with Gasteiger partial charge in [-0.2, -0.15) is 0 Å². The van der Waals surface area contributed by atoms with Crippen molar-refractivity contribution >= 4 is 12.1 Å². The molecule has 1 rings (SSSR count). The number of hydrogen-bond donors (Lipinski definition) is 0. The summed E-state index contributed by atoms with van der Waals surface area (Å²) in [5, 5.41) is 0. The molecule has 0 radical (unpaired) electrons. The van der Waals surface area contributed by atoms with Crippen LogP contribution in [0.1, 0.15) is 104 Å². The zero-order valence-electron chi connectivity index (χ0n) is 17.7. The van der Waals surface area contributed by atoms with Crippen LogP contribution < -0.4 is 0 Å². The normalized spacial score (nSPS) is 16.5. The Morgan fingerprint density at radius 2 is 1.37 bits per heavy atom. The van der Waals surface area contributed by atoms with Crippen molar-refractivity contribution in [2.24, 2.45) is 0 Å². The molecule has 1 saturated heterocycles. The first kappa shape index (κ1) is 23.8. The number of ether oxygens (including phenoxy) is 2. The summed E-state index contributed by atoms with van der Waals surface area (Å²) in [4.78, 5) is 25.8. The molecule has 0 aromatic rings. The van der Waals surface area contributed by atoms with Crippen molar-refractivity contribution in [2.45, 2.75) is 110 Å². The molecule has 0 N–H and O–H groups in total. The zero-order chi connectivity index (χ0) is 19.7. The Morgan fingerprint density at radius 3 is 1.96 bits per heavy atom. The Morgan fingerprint density at radius 1 is 0.778 bits per heavy atom. The van der Waals surface area contributed by atoms with Crippen LogP contribution in [0.3, 0.4) is 0 Å². The number of amides is 1. The Labute approximate surface area is 166 Å². The summed E-state index contributed by atoms with van der Waals surface area (Å²) in [5.74, 6) is -0.270. The van der Waals surface area contributed by atoms with E-state index in [0.29, 0.717) is 26.2 Å². The predicted octanol–water partition coefficient (Wildman–Crippen LogP) is 5.85. The average molecular weight is 384 g/mol. The predicted molar refractivity (Wildman–Crippen MR) is 109 cm³/mol. The summed E-state index contributed by atoms with van der Waals surface area (Å²) < 4.78 is 10.6. The fourth-order valence-electron chi connectivity index (χ4n) is 3.54. The van der Waals surface area contributed by atoms with E-state index in [9.17, 15) is 9.59 Å². The molecule has 1 amide bonds. The molecule has 1 atom stereocenters. The van der Waals surface area contributed by atoms with Crippen molar-refractivity contribution in [3.05, 3.63) is 0 Å². The van der Waals surface area contributed by atoms with Gasteiger partial charge in [-0.05, 0) is 25.7 Å². The fourth-order valence-corrected chi connectivity index (χ4v) is 3.54. The van der Waals surface area contributed by atoms with Crippen LogP contribution in [0.25, 0.3) is 0 Å². The molecule has 1 aliphatic heterocycles. The van der Waals surface area contributed by atoms with Crippen LogP contribution in [0, 0.1) is 0 Å². The van der Waals surface area contributed by atoms with Crippen molar-refractivity contribution in [1.29, 1.82) is 0 Å². The van der Waals surface area contributed by atoms with Crippen LogP contribution >= 0.6 is 0 Å². The van der Waals surface area contributed by atoms with E-state index in [-0.39, 0.29) is 12.1 Å². The van der Waals surface area contributed by atoms with Gasteiger partial charge >= 0.3 is 12.1 Å². The molecule has 5 heteroatoms. The monoisotopic (exact) mass is 383 g/mol. The van der Waals surface area contributed by atoms with Crippen LogP contribution in [0.2, 0.25) is 0 Å². The van der Waals surface area contributed by atoms with Gasteiger partial charge < -0.3 is 9.47 Å². The molecule has 0 spiro atoms. The average Bonchev–Trinajstić information content (AvgIpc) is 3.17. The number of nitrogens with zero attached hydrogens (tertiary/aromatic N) is 1. The molecule has 1 aliphatic rings. The first-order valence-electron chi connectivity index (χ1n) is 11.3. The minimum absolute atomic E-state index is 0.270. The lowest BCUT2D eigenvalue weighted by atomic mass is 10.1. The smallest absolute Gasteiger partial charge is 0.410 e. The molecule has 0 aromatic carbocycles. The van der Waals surface area contributed by atoms with Gasteiger partial charge in [0, 0.05) is 6.54 Å². The Kier molecular flexibility index (Phi) is 13.9. The van der Waals surface area contributed by atoms with Gasteiger partial charge in [0.1, 0.15) is 6.04 Å². The highest BCUT2D eigenvalue weighted by atomic mass is 16.6. The summed E-state index contributed by atoms with van der Waals surface area (Å²) in [7, 11) is 0. The first-order valence-corrected chi connectivity index (χ1v) is 11.3. The number of esters is 1. The number of unbranched alkanes of at least 4 members (excludes halogenated alkanes) is 10. The lowest BCUT2D eigenvalue weighted by molar-refractivity contribution is -0.148. The van der Waals surface area contributed by atoms with Crippen molar-refractivity contribution in [3.63, 3.8) is 0 Å². The van der Waals surface area contributed by atoms with E-state index in [1.54, 1.807) is 0 Å². The molecule has 158 valence electrons. The van der Waals surface area contributed by atoms with Gasteiger partial charge in [0.15, 0.2) is 0 Å². The van der Waals surface area contributed by atoms with Gasteiger partial charge in [0.05, 0.1) is 13.2 Å². The van der Waals surface area contributed by atoms with Crippen molar-refractivity contribution in [1.82, 2.24) is 4.90 Å². The van der Waals surface area contributed by atoms with E-state index in [1.807, 2.05) is 6.92 Å². The molecule has 0 bridgehead atoms. The van der Waals surface area contributed by atoms with Gasteiger partial charge in [-0.15, -0.1) is 0 Å². The second-order valence-electron chi connectivity index (χ2n) is 7.67. The molecular formula is C22H41NO4. The lowest BCUT2D eigenvalue weighted by Gasteiger charge is -2.22. The van der Waals surface area contributed by atoms with Gasteiger partial charge in [-0.1, -0.05) is 78.1 Å². The summed E-state index contributed by atoms with van der Waals surface area (Å²) in [5.41, 5.74) is 0. The lowest BCUT2D eigenvalue weighted by Crippen LogP contribution is -2.41. The fraction of sp³-hybridized carbons (Fsp3) is 0.909. The van der Waals surface area contributed by atoms with E-state index in [4.69, 9.17) is 9.47 Å². The molecule has 5 nitrogen and oxygen atoms in total. The van der Waals surface area contributed by atoms with Gasteiger partial charge in [-0.25, -0.2) is 9.59 Å². The number of rotatable bonds is 15. The maximum absolute atomic E-state index is 12.2. The van der Waals surface area contributed by atoms with Gasteiger partial charge in [0.2, 0.25) is 0 Å². The van der Waals surface area contributed by atoms with Crippen LogP contribution in [-0.4, -0.2) is 42.8 Å². The number of carbonyl (C=O) groups is 2. The van der Waals surface area contributed by atoms with E-state index < -0.39 is 6.04 Å². The zero-order valence-corrected chi connectivity index (χ0v) is 17.7. The minimum Gasteiger partial charge on any atom is -0.464 e. The Hall–Kier alpha value is -1.26. The maximum Gasteiger partial charge on any atom is 0.410 e. The van der Waals surface area contributed by atoms with Crippen LogP contribution in [-0.2, 0) is 14.3 Å². The molecule has 0 aromatic heterocycles. The van der Waals surface area contributed by atoms with Gasteiger partial charge in [-0.3, -0.25) is 4.90 Å². The largest absolute Gasteiger partial charge is 0.464 e. The number of carbonyl (C=O) groups excluding carboxylic acids is 2. The van der Waals surface area contributed by atoms with Crippen molar-refractivity contribution in [3.8, 4) is 0 Å². The molecule has 27 heavy (non-hydrogen) atoms. The Bertz CT molecular complexity index is 400. The van der Waals surface area contributed by atoms with Crippen LogP contribution in [0.5, 0.6) is 0 Å². The summed E-state index contributed by atoms with van der Waals surface area (Å²) in [6.07, 6.45) is 15.9. The Balaban J connectivity index is 2.01. The van der Waals surface area contributed by atoms with Crippen LogP contribution in [0.4, 0.5) is 4.79 Å². The summed E-state index contributed by atoms with van der Waals surface area (Å²) in [6, 6.07) is -0.456. The van der Waals surface area contributed by atoms with Gasteiger partial charge in [0.25, 0.3) is 0 Å². The summed E-state index contributed by atoms with van der Waals surface area (Å²) >= 11 is 0. The highest BCUT2D eigenvalue weighted by Gasteiger charge is 2.36. The number of hydrogen-bond acceptors (Lipinski definition) is 4. The highest BCUT2D eigenvalue weighted by molar-refractivity contribution is 5.82. The third-order valence-electron chi connectivity index (χ3n) is 5.18. The minimum atomic E-state index is -0.456. The van der Waals surface area contributed by atoms with E-state index >= 15 is 0 Å². The molecule has 0 aliphatic carbocycles.